The zero-order valence-electron chi connectivity index (χ0n) is 9.20. The molecule has 1 aromatic rings. The molecule has 0 amide bonds. The van der Waals surface area contributed by atoms with Crippen LogP contribution < -0.4 is 10.1 Å². The van der Waals surface area contributed by atoms with Crippen LogP contribution >= 0.6 is 0 Å². The third kappa shape index (κ3) is 2.85. The highest BCUT2D eigenvalue weighted by Gasteiger charge is 2.14. The summed E-state index contributed by atoms with van der Waals surface area (Å²) in [4.78, 5) is 4.26. The van der Waals surface area contributed by atoms with Crippen molar-refractivity contribution in [2.45, 2.75) is 25.7 Å². The van der Waals surface area contributed by atoms with Crippen molar-refractivity contribution in [3.63, 3.8) is 0 Å². The second-order valence-electron chi connectivity index (χ2n) is 4.11. The van der Waals surface area contributed by atoms with Gasteiger partial charge in [-0.25, -0.2) is 4.98 Å². The van der Waals surface area contributed by atoms with E-state index in [0.29, 0.717) is 0 Å². The van der Waals surface area contributed by atoms with Crippen LogP contribution in [0, 0.1) is 5.92 Å². The van der Waals surface area contributed by atoms with Gasteiger partial charge >= 0.3 is 0 Å². The van der Waals surface area contributed by atoms with Crippen molar-refractivity contribution >= 4 is 5.82 Å². The van der Waals surface area contributed by atoms with E-state index in [9.17, 15) is 0 Å². The Hall–Kier alpha value is -1.25. The fourth-order valence-electron chi connectivity index (χ4n) is 2.10. The van der Waals surface area contributed by atoms with E-state index >= 15 is 0 Å². The van der Waals surface area contributed by atoms with Gasteiger partial charge < -0.3 is 10.1 Å². The zero-order chi connectivity index (χ0) is 10.5. The van der Waals surface area contributed by atoms with E-state index in [-0.39, 0.29) is 0 Å². The maximum Gasteiger partial charge on any atom is 0.129 e. The van der Waals surface area contributed by atoms with Gasteiger partial charge in [0.25, 0.3) is 0 Å². The Labute approximate surface area is 90.9 Å². The van der Waals surface area contributed by atoms with Gasteiger partial charge in [-0.15, -0.1) is 0 Å². The summed E-state index contributed by atoms with van der Waals surface area (Å²) in [7, 11) is 1.68. The van der Waals surface area contributed by atoms with Crippen molar-refractivity contribution in [3.05, 3.63) is 18.3 Å². The maximum atomic E-state index is 5.15. The highest BCUT2D eigenvalue weighted by molar-refractivity contribution is 5.40. The standard InChI is InChI=1S/C12H18N2O/c1-15-11-6-7-13-12(8-11)14-9-10-4-2-3-5-10/h6-8,10H,2-5,9H2,1H3,(H,13,14). The summed E-state index contributed by atoms with van der Waals surface area (Å²) >= 11 is 0. The number of hydrogen-bond donors (Lipinski definition) is 1. The Morgan fingerprint density at radius 3 is 3.00 bits per heavy atom. The van der Waals surface area contributed by atoms with Gasteiger partial charge in [-0.2, -0.15) is 0 Å². The van der Waals surface area contributed by atoms with Gasteiger partial charge in [0, 0.05) is 18.8 Å². The van der Waals surface area contributed by atoms with Gasteiger partial charge in [0.1, 0.15) is 11.6 Å². The summed E-state index contributed by atoms with van der Waals surface area (Å²) in [6, 6.07) is 3.80. The number of nitrogens with zero attached hydrogens (tertiary/aromatic N) is 1. The van der Waals surface area contributed by atoms with Crippen LogP contribution in [0.25, 0.3) is 0 Å². The number of ether oxygens (including phenoxy) is 1. The topological polar surface area (TPSA) is 34.1 Å². The largest absolute Gasteiger partial charge is 0.497 e. The van der Waals surface area contributed by atoms with E-state index in [4.69, 9.17) is 4.74 Å². The minimum Gasteiger partial charge on any atom is -0.497 e. The van der Waals surface area contributed by atoms with E-state index in [1.165, 1.54) is 25.7 Å². The van der Waals surface area contributed by atoms with Crippen LogP contribution in [0.3, 0.4) is 0 Å². The van der Waals surface area contributed by atoms with Gasteiger partial charge in [-0.05, 0) is 24.8 Å². The molecule has 0 spiro atoms. The molecule has 0 bridgehead atoms. The van der Waals surface area contributed by atoms with Gasteiger partial charge in [0.05, 0.1) is 7.11 Å². The van der Waals surface area contributed by atoms with Crippen molar-refractivity contribution in [2.75, 3.05) is 19.0 Å². The molecular weight excluding hydrogens is 188 g/mol. The fourth-order valence-corrected chi connectivity index (χ4v) is 2.10. The van der Waals surface area contributed by atoms with E-state index in [1.54, 1.807) is 13.3 Å². The van der Waals surface area contributed by atoms with Crippen LogP contribution in [0.4, 0.5) is 5.82 Å². The Balaban J connectivity index is 1.86. The summed E-state index contributed by atoms with van der Waals surface area (Å²) in [6.45, 7) is 1.04. The molecule has 1 saturated carbocycles. The van der Waals surface area contributed by atoms with Gasteiger partial charge in [0.2, 0.25) is 0 Å². The first-order valence-corrected chi connectivity index (χ1v) is 5.62. The third-order valence-corrected chi connectivity index (χ3v) is 3.01. The van der Waals surface area contributed by atoms with Crippen molar-refractivity contribution in [3.8, 4) is 5.75 Å². The van der Waals surface area contributed by atoms with Crippen molar-refractivity contribution in [2.24, 2.45) is 5.92 Å². The maximum absolute atomic E-state index is 5.15. The molecule has 2 rings (SSSR count). The van der Waals surface area contributed by atoms with Crippen LogP contribution in [0.1, 0.15) is 25.7 Å². The summed E-state index contributed by atoms with van der Waals surface area (Å²) < 4.78 is 5.15. The first kappa shape index (κ1) is 10.3. The zero-order valence-corrected chi connectivity index (χ0v) is 9.20. The Bertz CT molecular complexity index is 308. The summed E-state index contributed by atoms with van der Waals surface area (Å²) in [5, 5.41) is 3.37. The molecule has 0 radical (unpaired) electrons. The summed E-state index contributed by atoms with van der Waals surface area (Å²) in [5.41, 5.74) is 0. The van der Waals surface area contributed by atoms with Gasteiger partial charge in [-0.3, -0.25) is 0 Å². The number of methoxy groups -OCH3 is 1. The molecule has 1 aliphatic carbocycles. The lowest BCUT2D eigenvalue weighted by atomic mass is 10.1. The lowest BCUT2D eigenvalue weighted by Gasteiger charge is -2.11. The van der Waals surface area contributed by atoms with E-state index in [1.807, 2.05) is 12.1 Å². The van der Waals surface area contributed by atoms with Crippen LogP contribution in [0.15, 0.2) is 18.3 Å². The normalized spacial score (nSPS) is 16.6. The molecule has 82 valence electrons. The highest BCUT2D eigenvalue weighted by atomic mass is 16.5. The van der Waals surface area contributed by atoms with E-state index < -0.39 is 0 Å². The molecule has 1 aliphatic rings. The average Bonchev–Trinajstić information content (AvgIpc) is 2.79. The number of hydrogen-bond acceptors (Lipinski definition) is 3. The molecule has 3 nitrogen and oxygen atoms in total. The minimum atomic E-state index is 0.831. The molecular formula is C12H18N2O. The molecule has 0 atom stereocenters. The minimum absolute atomic E-state index is 0.831. The number of nitrogens with one attached hydrogen (secondary N) is 1. The molecule has 1 heterocycles. The molecule has 3 heteroatoms. The second kappa shape index (κ2) is 5.01. The van der Waals surface area contributed by atoms with Crippen molar-refractivity contribution < 1.29 is 4.74 Å². The summed E-state index contributed by atoms with van der Waals surface area (Å²) in [6.07, 6.45) is 7.26. The predicted octanol–water partition coefficient (Wildman–Crippen LogP) is 2.69. The Morgan fingerprint density at radius 1 is 1.47 bits per heavy atom. The van der Waals surface area contributed by atoms with Gasteiger partial charge in [0.15, 0.2) is 0 Å². The first-order valence-electron chi connectivity index (χ1n) is 5.62. The number of anilines is 1. The molecule has 1 N–H and O–H groups in total. The monoisotopic (exact) mass is 206 g/mol. The SMILES string of the molecule is COc1ccnc(NCC2CCCC2)c1. The van der Waals surface area contributed by atoms with Crippen LogP contribution in [-0.4, -0.2) is 18.6 Å². The lowest BCUT2D eigenvalue weighted by Crippen LogP contribution is -2.11. The molecule has 0 aliphatic heterocycles. The second-order valence-corrected chi connectivity index (χ2v) is 4.11. The summed E-state index contributed by atoms with van der Waals surface area (Å²) in [5.74, 6) is 2.61. The van der Waals surface area contributed by atoms with Crippen LogP contribution in [0.5, 0.6) is 5.75 Å². The molecule has 0 aromatic carbocycles. The fraction of sp³-hybridized carbons (Fsp3) is 0.583. The quantitative estimate of drug-likeness (QED) is 0.822. The van der Waals surface area contributed by atoms with Gasteiger partial charge in [-0.1, -0.05) is 12.8 Å². The molecule has 1 fully saturated rings. The Kier molecular flexibility index (Phi) is 3.43. The number of aromatic nitrogens is 1. The number of rotatable bonds is 4. The van der Waals surface area contributed by atoms with Crippen molar-refractivity contribution in [1.82, 2.24) is 4.98 Å². The molecule has 1 aromatic heterocycles. The predicted molar refractivity (Wildman–Crippen MR) is 61.2 cm³/mol. The average molecular weight is 206 g/mol. The van der Waals surface area contributed by atoms with Crippen LogP contribution in [-0.2, 0) is 0 Å². The molecule has 15 heavy (non-hydrogen) atoms. The van der Waals surface area contributed by atoms with Crippen LogP contribution in [0.2, 0.25) is 0 Å². The smallest absolute Gasteiger partial charge is 0.129 e. The molecule has 0 unspecified atom stereocenters. The highest BCUT2D eigenvalue weighted by Crippen LogP contribution is 2.25. The number of pyridine rings is 1. The first-order chi connectivity index (χ1) is 7.38. The van der Waals surface area contributed by atoms with Crippen molar-refractivity contribution in [1.29, 1.82) is 0 Å². The lowest BCUT2D eigenvalue weighted by molar-refractivity contribution is 0.414. The molecule has 0 saturated heterocycles. The third-order valence-electron chi connectivity index (χ3n) is 3.01. The van der Waals surface area contributed by atoms with E-state index in [0.717, 1.165) is 24.0 Å². The Morgan fingerprint density at radius 2 is 2.27 bits per heavy atom. The van der Waals surface area contributed by atoms with E-state index in [2.05, 4.69) is 10.3 Å².